The van der Waals surface area contributed by atoms with Crippen LogP contribution in [0.15, 0.2) is 30.3 Å². The Morgan fingerprint density at radius 2 is 2.11 bits per heavy atom. The van der Waals surface area contributed by atoms with Crippen molar-refractivity contribution >= 4 is 23.0 Å². The van der Waals surface area contributed by atoms with Crippen molar-refractivity contribution < 1.29 is 18.7 Å². The van der Waals surface area contributed by atoms with Crippen LogP contribution in [0.2, 0.25) is 0 Å². The van der Waals surface area contributed by atoms with Crippen molar-refractivity contribution in [1.29, 1.82) is 0 Å². The maximum Gasteiger partial charge on any atom is 0.265 e. The molecule has 1 aliphatic rings. The van der Waals surface area contributed by atoms with Gasteiger partial charge in [0.1, 0.15) is 23.9 Å². The Morgan fingerprint density at radius 3 is 2.81 bits per heavy atom. The van der Waals surface area contributed by atoms with Crippen LogP contribution in [0.25, 0.3) is 0 Å². The van der Waals surface area contributed by atoms with E-state index < -0.39 is 5.82 Å². The average molecular weight is 374 g/mol. The lowest BCUT2D eigenvalue weighted by atomic mass is 10.1. The molecule has 27 heavy (non-hydrogen) atoms. The van der Waals surface area contributed by atoms with Crippen LogP contribution in [0.1, 0.15) is 10.4 Å². The number of likely N-dealkylation sites (N-methyl/N-ethyl adjacent to an activating group) is 1. The summed E-state index contributed by atoms with van der Waals surface area (Å²) in [5.41, 5.74) is 7.35. The number of hydrogen-bond donors (Lipinski definition) is 2. The lowest BCUT2D eigenvalue weighted by Gasteiger charge is -2.30. The third-order valence-corrected chi connectivity index (χ3v) is 4.23. The molecule has 0 aromatic heterocycles. The van der Waals surface area contributed by atoms with E-state index in [0.717, 1.165) is 0 Å². The number of hydrogen-bond acceptors (Lipinski definition) is 6. The summed E-state index contributed by atoms with van der Waals surface area (Å²) in [6.07, 6.45) is 0. The number of fused-ring (bicyclic) bond motifs is 1. The molecule has 3 rings (SSSR count). The van der Waals surface area contributed by atoms with Gasteiger partial charge in [0.2, 0.25) is 0 Å². The van der Waals surface area contributed by atoms with Crippen molar-refractivity contribution in [3.63, 3.8) is 0 Å². The lowest BCUT2D eigenvalue weighted by molar-refractivity contribution is 0.0935. The first kappa shape index (κ1) is 18.8. The number of halogens is 1. The summed E-state index contributed by atoms with van der Waals surface area (Å²) in [5, 5.41) is 2.73. The largest absolute Gasteiger partial charge is 0.490 e. The van der Waals surface area contributed by atoms with E-state index in [4.69, 9.17) is 15.2 Å². The minimum Gasteiger partial charge on any atom is -0.490 e. The van der Waals surface area contributed by atoms with E-state index in [0.29, 0.717) is 36.0 Å². The van der Waals surface area contributed by atoms with Gasteiger partial charge < -0.3 is 25.4 Å². The molecule has 0 spiro atoms. The molecule has 0 unspecified atom stereocenters. The van der Waals surface area contributed by atoms with Crippen molar-refractivity contribution in [1.82, 2.24) is 4.90 Å². The Kier molecular flexibility index (Phi) is 5.36. The van der Waals surface area contributed by atoms with Gasteiger partial charge in [0.15, 0.2) is 6.73 Å². The molecule has 8 heteroatoms. The fourth-order valence-electron chi connectivity index (χ4n) is 2.76. The standard InChI is InChI=1S/C19H23FN4O3/c1-22-15-10-17-13(9-14(15)20)19(25)24(11-27-17)16-5-4-12(21)8-18(16)26-7-6-23(2)3/h4-5,8-10,22H,6-7,11,21H2,1-3H3. The first-order chi connectivity index (χ1) is 12.9. The van der Waals surface area contributed by atoms with Crippen LogP contribution in [-0.4, -0.2) is 51.8 Å². The predicted molar refractivity (Wildman–Crippen MR) is 103 cm³/mol. The molecule has 0 atom stereocenters. The van der Waals surface area contributed by atoms with Gasteiger partial charge in [-0.15, -0.1) is 0 Å². The van der Waals surface area contributed by atoms with Crippen LogP contribution in [0.4, 0.5) is 21.5 Å². The molecule has 2 aromatic carbocycles. The Bertz CT molecular complexity index is 857. The first-order valence-corrected chi connectivity index (χ1v) is 8.53. The number of anilines is 3. The van der Waals surface area contributed by atoms with Gasteiger partial charge in [0.05, 0.1) is 16.9 Å². The summed E-state index contributed by atoms with van der Waals surface area (Å²) in [6, 6.07) is 7.71. The number of amides is 1. The van der Waals surface area contributed by atoms with Crippen LogP contribution in [0.3, 0.4) is 0 Å². The summed E-state index contributed by atoms with van der Waals surface area (Å²) < 4.78 is 25.6. The smallest absolute Gasteiger partial charge is 0.265 e. The number of benzene rings is 2. The molecule has 1 aliphatic heterocycles. The molecule has 0 fully saturated rings. The second kappa shape index (κ2) is 7.71. The summed E-state index contributed by atoms with van der Waals surface area (Å²) in [7, 11) is 5.49. The maximum absolute atomic E-state index is 14.1. The van der Waals surface area contributed by atoms with E-state index in [9.17, 15) is 9.18 Å². The highest BCUT2D eigenvalue weighted by Crippen LogP contribution is 2.36. The Hall–Kier alpha value is -3.00. The fourth-order valence-corrected chi connectivity index (χ4v) is 2.76. The molecule has 1 heterocycles. The zero-order valence-corrected chi connectivity index (χ0v) is 15.6. The van der Waals surface area contributed by atoms with E-state index in [1.807, 2.05) is 19.0 Å². The Balaban J connectivity index is 1.91. The van der Waals surface area contributed by atoms with Gasteiger partial charge in [-0.05, 0) is 32.3 Å². The van der Waals surface area contributed by atoms with Crippen molar-refractivity contribution in [3.8, 4) is 11.5 Å². The number of rotatable bonds is 6. The molecule has 0 saturated carbocycles. The number of carbonyl (C=O) groups is 1. The van der Waals surface area contributed by atoms with Crippen molar-refractivity contribution in [3.05, 3.63) is 41.7 Å². The van der Waals surface area contributed by atoms with E-state index in [-0.39, 0.29) is 23.9 Å². The zero-order valence-electron chi connectivity index (χ0n) is 15.6. The topological polar surface area (TPSA) is 80.1 Å². The normalized spacial score (nSPS) is 13.4. The van der Waals surface area contributed by atoms with E-state index in [1.165, 1.54) is 17.0 Å². The number of nitrogen functional groups attached to an aromatic ring is 1. The van der Waals surface area contributed by atoms with Gasteiger partial charge in [0, 0.05) is 31.4 Å². The second-order valence-corrected chi connectivity index (χ2v) is 6.46. The molecule has 0 saturated heterocycles. The van der Waals surface area contributed by atoms with Crippen LogP contribution in [0.5, 0.6) is 11.5 Å². The monoisotopic (exact) mass is 374 g/mol. The van der Waals surface area contributed by atoms with Gasteiger partial charge in [0.25, 0.3) is 5.91 Å². The Labute approximate surface area is 157 Å². The van der Waals surface area contributed by atoms with E-state index >= 15 is 0 Å². The highest BCUT2D eigenvalue weighted by atomic mass is 19.1. The molecule has 7 nitrogen and oxygen atoms in total. The average Bonchev–Trinajstić information content (AvgIpc) is 2.62. The van der Waals surface area contributed by atoms with Crippen molar-refractivity contribution in [2.24, 2.45) is 0 Å². The van der Waals surface area contributed by atoms with Crippen LogP contribution in [0, 0.1) is 5.82 Å². The predicted octanol–water partition coefficient (Wildman–Crippen LogP) is 2.39. The van der Waals surface area contributed by atoms with Gasteiger partial charge >= 0.3 is 0 Å². The van der Waals surface area contributed by atoms with Gasteiger partial charge in [-0.2, -0.15) is 0 Å². The highest BCUT2D eigenvalue weighted by molar-refractivity contribution is 6.09. The zero-order chi connectivity index (χ0) is 19.6. The molecule has 0 bridgehead atoms. The first-order valence-electron chi connectivity index (χ1n) is 8.53. The maximum atomic E-state index is 14.1. The summed E-state index contributed by atoms with van der Waals surface area (Å²) in [4.78, 5) is 16.3. The fraction of sp³-hybridized carbons (Fsp3) is 0.316. The second-order valence-electron chi connectivity index (χ2n) is 6.46. The quantitative estimate of drug-likeness (QED) is 0.756. The molecular formula is C19H23FN4O3. The van der Waals surface area contributed by atoms with Gasteiger partial charge in [-0.3, -0.25) is 9.69 Å². The van der Waals surface area contributed by atoms with E-state index in [2.05, 4.69) is 5.32 Å². The minimum absolute atomic E-state index is 0.00538. The third-order valence-electron chi connectivity index (χ3n) is 4.23. The number of nitrogens with two attached hydrogens (primary N) is 1. The Morgan fingerprint density at radius 1 is 1.33 bits per heavy atom. The number of nitrogens with one attached hydrogen (secondary N) is 1. The molecule has 144 valence electrons. The van der Waals surface area contributed by atoms with Crippen molar-refractivity contribution in [2.75, 3.05) is 57.0 Å². The molecule has 0 radical (unpaired) electrons. The summed E-state index contributed by atoms with van der Waals surface area (Å²) in [6.45, 7) is 1.14. The number of nitrogens with zero attached hydrogens (tertiary/aromatic N) is 2. The molecule has 0 aliphatic carbocycles. The summed E-state index contributed by atoms with van der Waals surface area (Å²) >= 11 is 0. The SMILES string of the molecule is CNc1cc2c(cc1F)C(=O)N(c1ccc(N)cc1OCCN(C)C)CO2. The van der Waals surface area contributed by atoms with Crippen LogP contribution < -0.4 is 25.4 Å². The van der Waals surface area contributed by atoms with Gasteiger partial charge in [-0.1, -0.05) is 0 Å². The number of carbonyl (C=O) groups excluding carboxylic acids is 1. The van der Waals surface area contributed by atoms with Crippen LogP contribution in [-0.2, 0) is 0 Å². The van der Waals surface area contributed by atoms with Crippen LogP contribution >= 0.6 is 0 Å². The summed E-state index contributed by atoms with van der Waals surface area (Å²) in [5.74, 6) is -0.0630. The minimum atomic E-state index is -0.519. The lowest BCUT2D eigenvalue weighted by Crippen LogP contribution is -2.39. The molecular weight excluding hydrogens is 351 g/mol. The molecule has 3 N–H and O–H groups in total. The van der Waals surface area contributed by atoms with E-state index in [1.54, 1.807) is 25.2 Å². The van der Waals surface area contributed by atoms with Crippen molar-refractivity contribution in [2.45, 2.75) is 0 Å². The molecule has 2 aromatic rings. The number of ether oxygens (including phenoxy) is 2. The van der Waals surface area contributed by atoms with Gasteiger partial charge in [-0.25, -0.2) is 4.39 Å². The third kappa shape index (κ3) is 3.90. The molecule has 1 amide bonds. The highest BCUT2D eigenvalue weighted by Gasteiger charge is 2.30.